The molecule has 0 saturated heterocycles. The maximum absolute atomic E-state index is 12.1. The topological polar surface area (TPSA) is 118 Å². The Morgan fingerprint density at radius 3 is 2.63 bits per heavy atom. The fourth-order valence-corrected chi connectivity index (χ4v) is 2.30. The van der Waals surface area contributed by atoms with Crippen LogP contribution >= 0.6 is 11.6 Å². The molecule has 138 valence electrons. The monoisotopic (exact) mass is 387 g/mol. The van der Waals surface area contributed by atoms with E-state index in [4.69, 9.17) is 31.3 Å². The quantitative estimate of drug-likeness (QED) is 0.619. The van der Waals surface area contributed by atoms with Crippen molar-refractivity contribution in [3.05, 3.63) is 65.0 Å². The van der Waals surface area contributed by atoms with Crippen LogP contribution in [-0.4, -0.2) is 28.6 Å². The van der Waals surface area contributed by atoms with E-state index in [2.05, 4.69) is 10.1 Å². The maximum atomic E-state index is 12.1. The molecule has 1 heterocycles. The normalized spacial score (nSPS) is 10.4. The van der Waals surface area contributed by atoms with Crippen LogP contribution in [0.3, 0.4) is 0 Å². The zero-order valence-corrected chi connectivity index (χ0v) is 14.7. The highest BCUT2D eigenvalue weighted by atomic mass is 35.5. The molecule has 9 heteroatoms. The van der Waals surface area contributed by atoms with Crippen molar-refractivity contribution in [3.63, 3.8) is 0 Å². The molecule has 0 bridgehead atoms. The Hall–Kier alpha value is -3.39. The molecule has 27 heavy (non-hydrogen) atoms. The van der Waals surface area contributed by atoms with Crippen LogP contribution in [0, 0.1) is 0 Å². The van der Waals surface area contributed by atoms with Gasteiger partial charge in [0.05, 0.1) is 5.56 Å². The van der Waals surface area contributed by atoms with Gasteiger partial charge in [-0.1, -0.05) is 28.9 Å². The van der Waals surface area contributed by atoms with Gasteiger partial charge in [-0.3, -0.25) is 4.79 Å². The van der Waals surface area contributed by atoms with Crippen LogP contribution in [0.5, 0.6) is 5.75 Å². The number of nitrogens with two attached hydrogens (primary N) is 1. The fraction of sp³-hybridized carbons (Fsp3) is 0.111. The first-order valence-electron chi connectivity index (χ1n) is 7.78. The third-order valence-electron chi connectivity index (χ3n) is 3.35. The summed E-state index contributed by atoms with van der Waals surface area (Å²) in [7, 11) is 0. The number of carbonyl (C=O) groups excluding carboxylic acids is 2. The minimum atomic E-state index is -0.588. The molecule has 2 N–H and O–H groups in total. The van der Waals surface area contributed by atoms with E-state index in [-0.39, 0.29) is 19.1 Å². The number of hydrogen-bond donors (Lipinski definition) is 1. The van der Waals surface area contributed by atoms with E-state index in [0.29, 0.717) is 27.7 Å². The highest BCUT2D eigenvalue weighted by molar-refractivity contribution is 6.30. The van der Waals surface area contributed by atoms with Crippen LogP contribution in [0.4, 0.5) is 0 Å². The zero-order chi connectivity index (χ0) is 19.2. The number of hydrogen-bond acceptors (Lipinski definition) is 7. The van der Waals surface area contributed by atoms with E-state index in [1.54, 1.807) is 24.3 Å². The van der Waals surface area contributed by atoms with Gasteiger partial charge in [0.1, 0.15) is 5.75 Å². The summed E-state index contributed by atoms with van der Waals surface area (Å²) < 4.78 is 15.3. The van der Waals surface area contributed by atoms with Gasteiger partial charge in [0.15, 0.2) is 13.2 Å². The molecule has 2 aromatic carbocycles. The highest BCUT2D eigenvalue weighted by Crippen LogP contribution is 2.20. The number of aromatic nitrogens is 2. The molecule has 0 aliphatic heterocycles. The number of esters is 1. The van der Waals surface area contributed by atoms with Gasteiger partial charge in [-0.2, -0.15) is 4.98 Å². The fourth-order valence-electron chi connectivity index (χ4n) is 2.11. The predicted molar refractivity (Wildman–Crippen MR) is 95.0 cm³/mol. The van der Waals surface area contributed by atoms with Crippen molar-refractivity contribution in [1.29, 1.82) is 0 Å². The van der Waals surface area contributed by atoms with E-state index >= 15 is 0 Å². The number of nitrogens with zero attached hydrogens (tertiary/aromatic N) is 2. The third-order valence-corrected chi connectivity index (χ3v) is 3.58. The van der Waals surface area contributed by atoms with Crippen molar-refractivity contribution in [1.82, 2.24) is 10.1 Å². The molecule has 0 saturated carbocycles. The Labute approximate surface area is 158 Å². The summed E-state index contributed by atoms with van der Waals surface area (Å²) in [5, 5.41) is 4.38. The summed E-state index contributed by atoms with van der Waals surface area (Å²) in [5.74, 6) is -0.248. The Morgan fingerprint density at radius 1 is 1.15 bits per heavy atom. The van der Waals surface area contributed by atoms with Gasteiger partial charge in [0.2, 0.25) is 5.82 Å². The molecule has 0 atom stereocenters. The lowest BCUT2D eigenvalue weighted by Crippen LogP contribution is -2.20. The maximum Gasteiger partial charge on any atom is 0.338 e. The van der Waals surface area contributed by atoms with Gasteiger partial charge in [-0.05, 0) is 36.4 Å². The van der Waals surface area contributed by atoms with Crippen LogP contribution in [0.15, 0.2) is 53.1 Å². The number of rotatable bonds is 7. The smallest absolute Gasteiger partial charge is 0.338 e. The zero-order valence-electron chi connectivity index (χ0n) is 13.9. The van der Waals surface area contributed by atoms with Crippen LogP contribution < -0.4 is 10.5 Å². The minimum Gasteiger partial charge on any atom is -0.484 e. The summed E-state index contributed by atoms with van der Waals surface area (Å²) in [6.07, 6.45) is 0. The molecule has 3 rings (SSSR count). The largest absolute Gasteiger partial charge is 0.484 e. The van der Waals surface area contributed by atoms with Crippen LogP contribution in [0.2, 0.25) is 5.02 Å². The number of amides is 1. The number of halogens is 1. The third kappa shape index (κ3) is 5.05. The average Bonchev–Trinajstić information content (AvgIpc) is 3.14. The van der Waals surface area contributed by atoms with E-state index in [1.807, 2.05) is 0 Å². The van der Waals surface area contributed by atoms with Crippen molar-refractivity contribution in [3.8, 4) is 17.1 Å². The van der Waals surface area contributed by atoms with Crippen molar-refractivity contribution in [2.75, 3.05) is 6.61 Å². The first-order valence-corrected chi connectivity index (χ1v) is 8.16. The second kappa shape index (κ2) is 8.33. The standard InChI is InChI=1S/C18H14ClN3O5/c19-13-3-1-2-12(8-13)17-21-16(27-22-17)10-26-18(24)11-4-6-14(7-5-11)25-9-15(20)23/h1-8H,9-10H2,(H2,20,23). The number of carbonyl (C=O) groups is 2. The van der Waals surface area contributed by atoms with Crippen molar-refractivity contribution >= 4 is 23.5 Å². The number of primary amides is 1. The second-order valence-corrected chi connectivity index (χ2v) is 5.81. The Kier molecular flexibility index (Phi) is 5.68. The van der Waals surface area contributed by atoms with Crippen LogP contribution in [0.25, 0.3) is 11.4 Å². The van der Waals surface area contributed by atoms with Gasteiger partial charge in [-0.25, -0.2) is 4.79 Å². The molecular weight excluding hydrogens is 374 g/mol. The molecule has 0 radical (unpaired) electrons. The van der Waals surface area contributed by atoms with Gasteiger partial charge in [0, 0.05) is 10.6 Å². The predicted octanol–water partition coefficient (Wildman–Crippen LogP) is 2.61. The molecule has 1 amide bonds. The summed E-state index contributed by atoms with van der Waals surface area (Å²) in [4.78, 5) is 26.9. The highest BCUT2D eigenvalue weighted by Gasteiger charge is 2.13. The number of benzene rings is 2. The first-order chi connectivity index (χ1) is 13.0. The SMILES string of the molecule is NC(=O)COc1ccc(C(=O)OCc2nc(-c3cccc(Cl)c3)no2)cc1. The van der Waals surface area contributed by atoms with Crippen LogP contribution in [-0.2, 0) is 16.1 Å². The van der Waals surface area contributed by atoms with Crippen LogP contribution in [0.1, 0.15) is 16.2 Å². The van der Waals surface area contributed by atoms with Gasteiger partial charge in [0.25, 0.3) is 11.8 Å². The molecule has 0 spiro atoms. The summed E-state index contributed by atoms with van der Waals surface area (Å²) in [6, 6.07) is 13.1. The lowest BCUT2D eigenvalue weighted by molar-refractivity contribution is -0.119. The Balaban J connectivity index is 1.57. The molecule has 1 aromatic heterocycles. The molecule has 0 unspecified atom stereocenters. The van der Waals surface area contributed by atoms with Gasteiger partial charge < -0.3 is 19.7 Å². The van der Waals surface area contributed by atoms with Crippen molar-refractivity contribution < 1.29 is 23.6 Å². The molecular formula is C18H14ClN3O5. The molecule has 0 aliphatic rings. The summed E-state index contributed by atoms with van der Waals surface area (Å²) >= 11 is 5.93. The lowest BCUT2D eigenvalue weighted by Gasteiger charge is -2.05. The van der Waals surface area contributed by atoms with Crippen molar-refractivity contribution in [2.45, 2.75) is 6.61 Å². The Bertz CT molecular complexity index is 956. The molecule has 8 nitrogen and oxygen atoms in total. The summed E-state index contributed by atoms with van der Waals surface area (Å²) in [5.41, 5.74) is 5.99. The Morgan fingerprint density at radius 2 is 1.93 bits per heavy atom. The van der Waals surface area contributed by atoms with E-state index in [9.17, 15) is 9.59 Å². The lowest BCUT2D eigenvalue weighted by atomic mass is 10.2. The minimum absolute atomic E-state index is 0.153. The van der Waals surface area contributed by atoms with Gasteiger partial charge in [-0.15, -0.1) is 0 Å². The summed E-state index contributed by atoms with van der Waals surface area (Å²) in [6.45, 7) is -0.414. The molecule has 3 aromatic rings. The average molecular weight is 388 g/mol. The number of ether oxygens (including phenoxy) is 2. The molecule has 0 aliphatic carbocycles. The van der Waals surface area contributed by atoms with E-state index < -0.39 is 11.9 Å². The second-order valence-electron chi connectivity index (χ2n) is 5.38. The van der Waals surface area contributed by atoms with E-state index in [0.717, 1.165) is 0 Å². The molecule has 0 fully saturated rings. The van der Waals surface area contributed by atoms with Crippen molar-refractivity contribution in [2.24, 2.45) is 5.73 Å². The first kappa shape index (κ1) is 18.4. The van der Waals surface area contributed by atoms with E-state index in [1.165, 1.54) is 24.3 Å². The van der Waals surface area contributed by atoms with Gasteiger partial charge >= 0.3 is 5.97 Å².